The van der Waals surface area contributed by atoms with E-state index in [9.17, 15) is 26.5 Å². The third kappa shape index (κ3) is 2.71. The van der Waals surface area contributed by atoms with Crippen LogP contribution in [0.4, 0.5) is 8.78 Å². The molecule has 0 saturated carbocycles. The van der Waals surface area contributed by atoms with E-state index in [2.05, 4.69) is 4.74 Å². The number of rotatable bonds is 3. The van der Waals surface area contributed by atoms with E-state index in [4.69, 9.17) is 0 Å². The molecule has 120 valence electrons. The standard InChI is InChI=1S/C15H10F2O5S/c16-14(17)15(18)22-13-11-7-8-3-1-2-4-9(8)10(11)5-6-12(13)23(19,20)21/h1-6,14H,7H2,(H,19,20,21). The van der Waals surface area contributed by atoms with Crippen LogP contribution >= 0.6 is 0 Å². The molecule has 23 heavy (non-hydrogen) atoms. The summed E-state index contributed by atoms with van der Waals surface area (Å²) in [6.45, 7) is 0. The molecular weight excluding hydrogens is 330 g/mol. The predicted molar refractivity (Wildman–Crippen MR) is 76.1 cm³/mol. The molecule has 5 nitrogen and oxygen atoms in total. The van der Waals surface area contributed by atoms with Gasteiger partial charge in [0.15, 0.2) is 5.75 Å². The maximum atomic E-state index is 12.5. The molecule has 8 heteroatoms. The maximum Gasteiger partial charge on any atom is 0.379 e. The molecule has 1 N–H and O–H groups in total. The molecule has 0 radical (unpaired) electrons. The lowest BCUT2D eigenvalue weighted by Gasteiger charge is -2.12. The highest BCUT2D eigenvalue weighted by molar-refractivity contribution is 7.86. The van der Waals surface area contributed by atoms with Gasteiger partial charge in [0.25, 0.3) is 10.1 Å². The van der Waals surface area contributed by atoms with E-state index >= 15 is 0 Å². The van der Waals surface area contributed by atoms with Crippen molar-refractivity contribution >= 4 is 16.1 Å². The number of carbonyl (C=O) groups excluding carboxylic acids is 1. The molecule has 0 amide bonds. The summed E-state index contributed by atoms with van der Waals surface area (Å²) >= 11 is 0. The van der Waals surface area contributed by atoms with E-state index in [1.165, 1.54) is 6.07 Å². The molecule has 2 aromatic carbocycles. The van der Waals surface area contributed by atoms with E-state index in [1.54, 1.807) is 24.3 Å². The fraction of sp³-hybridized carbons (Fsp3) is 0.133. The Labute approximate surface area is 130 Å². The van der Waals surface area contributed by atoms with Gasteiger partial charge in [0.2, 0.25) is 0 Å². The lowest BCUT2D eigenvalue weighted by Crippen LogP contribution is -2.19. The van der Waals surface area contributed by atoms with Gasteiger partial charge in [0.1, 0.15) is 4.90 Å². The minimum Gasteiger partial charge on any atom is -0.421 e. The Morgan fingerprint density at radius 3 is 2.48 bits per heavy atom. The van der Waals surface area contributed by atoms with E-state index in [-0.39, 0.29) is 12.0 Å². The molecule has 0 saturated heterocycles. The van der Waals surface area contributed by atoms with E-state index in [0.29, 0.717) is 5.56 Å². The maximum absolute atomic E-state index is 12.5. The van der Waals surface area contributed by atoms with Crippen molar-refractivity contribution in [3.8, 4) is 16.9 Å². The zero-order valence-corrected chi connectivity index (χ0v) is 12.3. The number of alkyl halides is 2. The molecule has 0 unspecified atom stereocenters. The Bertz CT molecular complexity index is 906. The minimum atomic E-state index is -4.74. The summed E-state index contributed by atoms with van der Waals surface area (Å²) in [5.74, 6) is -2.43. The van der Waals surface area contributed by atoms with Crippen molar-refractivity contribution in [2.24, 2.45) is 0 Å². The highest BCUT2D eigenvalue weighted by Gasteiger charge is 2.31. The van der Waals surface area contributed by atoms with Crippen LogP contribution in [0.2, 0.25) is 0 Å². The van der Waals surface area contributed by atoms with Crippen molar-refractivity contribution < 1.29 is 31.3 Å². The Hall–Kier alpha value is -2.32. The van der Waals surface area contributed by atoms with Gasteiger partial charge in [0, 0.05) is 12.0 Å². The number of esters is 1. The summed E-state index contributed by atoms with van der Waals surface area (Å²) in [5, 5.41) is 0. The fourth-order valence-corrected chi connectivity index (χ4v) is 3.26. The van der Waals surface area contributed by atoms with Gasteiger partial charge in [-0.2, -0.15) is 17.2 Å². The topological polar surface area (TPSA) is 80.7 Å². The van der Waals surface area contributed by atoms with Crippen molar-refractivity contribution in [2.45, 2.75) is 17.7 Å². The molecule has 0 spiro atoms. The average Bonchev–Trinajstić information content (AvgIpc) is 2.85. The zero-order valence-electron chi connectivity index (χ0n) is 11.5. The predicted octanol–water partition coefficient (Wildman–Crippen LogP) is 2.68. The highest BCUT2D eigenvalue weighted by Crippen LogP contribution is 2.44. The summed E-state index contributed by atoms with van der Waals surface area (Å²) in [4.78, 5) is 10.5. The number of hydrogen-bond donors (Lipinski definition) is 1. The molecule has 0 atom stereocenters. The number of carbonyl (C=O) groups is 1. The largest absolute Gasteiger partial charge is 0.421 e. The second kappa shape index (κ2) is 5.39. The van der Waals surface area contributed by atoms with Gasteiger partial charge in [-0.15, -0.1) is 0 Å². The Morgan fingerprint density at radius 1 is 1.13 bits per heavy atom. The summed E-state index contributed by atoms with van der Waals surface area (Å²) in [5.41, 5.74) is 2.48. The molecule has 1 aliphatic rings. The first-order valence-corrected chi connectivity index (χ1v) is 7.94. The number of fused-ring (bicyclic) bond motifs is 3. The van der Waals surface area contributed by atoms with Gasteiger partial charge in [-0.25, -0.2) is 4.79 Å². The molecule has 1 aliphatic carbocycles. The van der Waals surface area contributed by atoms with Crippen molar-refractivity contribution in [2.75, 3.05) is 0 Å². The van der Waals surface area contributed by atoms with Crippen molar-refractivity contribution in [3.05, 3.63) is 47.5 Å². The van der Waals surface area contributed by atoms with Crippen LogP contribution in [0.5, 0.6) is 5.75 Å². The first kappa shape index (κ1) is 15.6. The van der Waals surface area contributed by atoms with Crippen molar-refractivity contribution in [1.82, 2.24) is 0 Å². The monoisotopic (exact) mass is 340 g/mol. The third-order valence-electron chi connectivity index (χ3n) is 3.56. The molecular formula is C15H10F2O5S. The van der Waals surface area contributed by atoms with Crippen LogP contribution in [-0.4, -0.2) is 25.4 Å². The number of benzene rings is 2. The van der Waals surface area contributed by atoms with Gasteiger partial charge in [0.05, 0.1) is 0 Å². The first-order valence-electron chi connectivity index (χ1n) is 6.50. The van der Waals surface area contributed by atoms with E-state index in [1.807, 2.05) is 0 Å². The molecule has 3 rings (SSSR count). The second-order valence-corrected chi connectivity index (χ2v) is 6.34. The second-order valence-electron chi connectivity index (χ2n) is 4.95. The fourth-order valence-electron chi connectivity index (χ4n) is 2.62. The lowest BCUT2D eigenvalue weighted by molar-refractivity contribution is -0.146. The van der Waals surface area contributed by atoms with Crippen LogP contribution in [0.1, 0.15) is 11.1 Å². The van der Waals surface area contributed by atoms with Crippen molar-refractivity contribution in [3.63, 3.8) is 0 Å². The van der Waals surface area contributed by atoms with Crippen LogP contribution in [-0.2, 0) is 21.3 Å². The van der Waals surface area contributed by atoms with Gasteiger partial charge < -0.3 is 4.74 Å². The Kier molecular flexibility index (Phi) is 3.65. The SMILES string of the molecule is O=C(Oc1c(S(=O)(=O)O)ccc2c1Cc1ccccc1-2)C(F)F. The Balaban J connectivity index is 2.21. The third-order valence-corrected chi connectivity index (χ3v) is 4.44. The van der Waals surface area contributed by atoms with E-state index < -0.39 is 33.2 Å². The smallest absolute Gasteiger partial charge is 0.379 e. The van der Waals surface area contributed by atoms with Crippen LogP contribution in [0, 0.1) is 0 Å². The summed E-state index contributed by atoms with van der Waals surface area (Å²) < 4.78 is 61.7. The van der Waals surface area contributed by atoms with Crippen LogP contribution in [0.3, 0.4) is 0 Å². The molecule has 0 aromatic heterocycles. The van der Waals surface area contributed by atoms with Crippen molar-refractivity contribution in [1.29, 1.82) is 0 Å². The molecule has 2 aromatic rings. The van der Waals surface area contributed by atoms with Crippen LogP contribution < -0.4 is 4.74 Å². The number of hydrogen-bond acceptors (Lipinski definition) is 4. The van der Waals surface area contributed by atoms with Crippen LogP contribution in [0.25, 0.3) is 11.1 Å². The Morgan fingerprint density at radius 2 is 1.83 bits per heavy atom. The van der Waals surface area contributed by atoms with Gasteiger partial charge in [-0.05, 0) is 22.8 Å². The normalized spacial score (nSPS) is 12.9. The summed E-state index contributed by atoms with van der Waals surface area (Å²) in [6.07, 6.45) is -3.20. The highest BCUT2D eigenvalue weighted by atomic mass is 32.2. The van der Waals surface area contributed by atoms with Crippen LogP contribution in [0.15, 0.2) is 41.3 Å². The number of ether oxygens (including phenoxy) is 1. The molecule has 0 aliphatic heterocycles. The molecule has 0 heterocycles. The summed E-state index contributed by atoms with van der Waals surface area (Å²) in [7, 11) is -4.74. The molecule has 0 fully saturated rings. The lowest BCUT2D eigenvalue weighted by atomic mass is 10.1. The van der Waals surface area contributed by atoms with E-state index in [0.717, 1.165) is 17.2 Å². The average molecular weight is 340 g/mol. The quantitative estimate of drug-likeness (QED) is 0.450. The van der Waals surface area contributed by atoms with Gasteiger partial charge in [-0.3, -0.25) is 4.55 Å². The summed E-state index contributed by atoms with van der Waals surface area (Å²) in [6, 6.07) is 9.61. The van der Waals surface area contributed by atoms with Gasteiger partial charge in [-0.1, -0.05) is 30.3 Å². The minimum absolute atomic E-state index is 0.209. The van der Waals surface area contributed by atoms with Gasteiger partial charge >= 0.3 is 12.4 Å². The first-order chi connectivity index (χ1) is 10.8. The molecule has 0 bridgehead atoms. The number of halogens is 2. The zero-order chi connectivity index (χ0) is 16.8.